The first-order chi connectivity index (χ1) is 11.9. The average Bonchev–Trinajstić information content (AvgIpc) is 2.73. The van der Waals surface area contributed by atoms with Crippen molar-refractivity contribution in [2.75, 3.05) is 32.8 Å². The summed E-state index contributed by atoms with van der Waals surface area (Å²) >= 11 is 0. The van der Waals surface area contributed by atoms with Gasteiger partial charge in [0.25, 0.3) is 0 Å². The van der Waals surface area contributed by atoms with E-state index in [1.54, 1.807) is 5.06 Å². The second kappa shape index (κ2) is 9.57. The van der Waals surface area contributed by atoms with Crippen LogP contribution < -0.4 is 0 Å². The summed E-state index contributed by atoms with van der Waals surface area (Å²) < 4.78 is 0. The Bertz CT molecular complexity index is 401. The number of β-amino-alcohol motifs (C(OH)–C–C–N with tert-alkyl or cyclic N) is 1. The molecule has 2 heterocycles. The first kappa shape index (κ1) is 21.0. The number of rotatable bonds is 6. The van der Waals surface area contributed by atoms with E-state index >= 15 is 0 Å². The number of hydrogen-bond donors (Lipinski definition) is 5. The lowest BCUT2D eigenvalue weighted by atomic mass is 9.94. The van der Waals surface area contributed by atoms with Crippen LogP contribution in [0.2, 0.25) is 0 Å². The van der Waals surface area contributed by atoms with Crippen molar-refractivity contribution in [2.45, 2.75) is 69.7 Å². The van der Waals surface area contributed by atoms with Gasteiger partial charge in [0, 0.05) is 38.2 Å². The van der Waals surface area contributed by atoms with Crippen LogP contribution in [0.15, 0.2) is 0 Å². The van der Waals surface area contributed by atoms with Crippen molar-refractivity contribution < 1.29 is 30.4 Å². The summed E-state index contributed by atoms with van der Waals surface area (Å²) in [7, 11) is 0. The quantitative estimate of drug-likeness (QED) is 0.390. The molecule has 0 aromatic heterocycles. The standard InChI is InChI=1S/C17H34N2O6/c1-3-4-6-18-9-14(22)17(15(23)11(18)2)25-19-7-5-13(21)16(24)12(8-19)10-20/h11-17,20-24H,3-10H2,1-2H3/t11?,12?,13-,14+,15-,16-,17-/m1/s1. The van der Waals surface area contributed by atoms with Gasteiger partial charge >= 0.3 is 0 Å². The van der Waals surface area contributed by atoms with E-state index in [-0.39, 0.29) is 19.2 Å². The third-order valence-corrected chi connectivity index (χ3v) is 5.50. The minimum Gasteiger partial charge on any atom is -0.396 e. The third kappa shape index (κ3) is 5.11. The van der Waals surface area contributed by atoms with Gasteiger partial charge in [-0.25, -0.2) is 0 Å². The lowest BCUT2D eigenvalue weighted by Gasteiger charge is -2.45. The van der Waals surface area contributed by atoms with Crippen LogP contribution in [0.4, 0.5) is 0 Å². The molecule has 2 aliphatic rings. The molecule has 0 bridgehead atoms. The van der Waals surface area contributed by atoms with Gasteiger partial charge in [0.15, 0.2) is 0 Å². The Labute approximate surface area is 149 Å². The Balaban J connectivity index is 1.99. The van der Waals surface area contributed by atoms with Crippen molar-refractivity contribution in [3.8, 4) is 0 Å². The minimum absolute atomic E-state index is 0.128. The topological polar surface area (TPSA) is 117 Å². The monoisotopic (exact) mass is 362 g/mol. The number of unbranched alkanes of at least 4 members (excludes halogenated alkanes) is 1. The molecule has 8 nitrogen and oxygen atoms in total. The molecular weight excluding hydrogens is 328 g/mol. The smallest absolute Gasteiger partial charge is 0.134 e. The minimum atomic E-state index is -1.01. The van der Waals surface area contributed by atoms with E-state index in [0.717, 1.165) is 19.4 Å². The van der Waals surface area contributed by atoms with Crippen molar-refractivity contribution in [1.29, 1.82) is 0 Å². The first-order valence-corrected chi connectivity index (χ1v) is 9.37. The number of likely N-dealkylation sites (tertiary alicyclic amines) is 1. The van der Waals surface area contributed by atoms with E-state index < -0.39 is 36.4 Å². The maximum atomic E-state index is 10.6. The van der Waals surface area contributed by atoms with E-state index in [9.17, 15) is 25.5 Å². The van der Waals surface area contributed by atoms with Crippen LogP contribution in [0.1, 0.15) is 33.1 Å². The number of hydroxylamine groups is 2. The third-order valence-electron chi connectivity index (χ3n) is 5.50. The van der Waals surface area contributed by atoms with Gasteiger partial charge < -0.3 is 25.5 Å². The predicted octanol–water partition coefficient (Wildman–Crippen LogP) is -1.45. The van der Waals surface area contributed by atoms with Gasteiger partial charge in [-0.15, -0.1) is 0 Å². The molecule has 2 saturated heterocycles. The summed E-state index contributed by atoms with van der Waals surface area (Å²) in [6.07, 6.45) is -2.00. The highest BCUT2D eigenvalue weighted by molar-refractivity contribution is 4.93. The maximum absolute atomic E-state index is 10.6. The zero-order valence-corrected chi connectivity index (χ0v) is 15.2. The molecule has 148 valence electrons. The van der Waals surface area contributed by atoms with E-state index in [2.05, 4.69) is 11.8 Å². The number of hydrogen-bond acceptors (Lipinski definition) is 8. The molecule has 25 heavy (non-hydrogen) atoms. The molecule has 0 aromatic rings. The highest BCUT2D eigenvalue weighted by atomic mass is 16.7. The van der Waals surface area contributed by atoms with Gasteiger partial charge in [-0.3, -0.25) is 9.74 Å². The fraction of sp³-hybridized carbons (Fsp3) is 1.00. The molecule has 0 aliphatic carbocycles. The molecule has 2 rings (SSSR count). The van der Waals surface area contributed by atoms with Gasteiger partial charge in [-0.05, 0) is 26.3 Å². The molecule has 2 unspecified atom stereocenters. The Morgan fingerprint density at radius 1 is 1.04 bits per heavy atom. The van der Waals surface area contributed by atoms with Crippen molar-refractivity contribution in [3.05, 3.63) is 0 Å². The Hall–Kier alpha value is -0.320. The summed E-state index contributed by atoms with van der Waals surface area (Å²) in [4.78, 5) is 7.94. The summed E-state index contributed by atoms with van der Waals surface area (Å²) in [6, 6.07) is -0.128. The summed E-state index contributed by atoms with van der Waals surface area (Å²) in [5.74, 6) is -0.533. The summed E-state index contributed by atoms with van der Waals surface area (Å²) in [5, 5.41) is 51.9. The fourth-order valence-electron chi connectivity index (χ4n) is 3.67. The van der Waals surface area contributed by atoms with E-state index in [0.29, 0.717) is 19.5 Å². The molecule has 2 fully saturated rings. The number of nitrogens with zero attached hydrogens (tertiary/aromatic N) is 2. The predicted molar refractivity (Wildman–Crippen MR) is 91.6 cm³/mol. The van der Waals surface area contributed by atoms with E-state index in [1.165, 1.54) is 0 Å². The lowest BCUT2D eigenvalue weighted by molar-refractivity contribution is -0.271. The Kier molecular flexibility index (Phi) is 8.03. The SMILES string of the molecule is CCCCN1C[C@H](O)[C@@H](ON2CC[C@@H](O)[C@H](O)C(CO)C2)[C@H](O)C1C. The van der Waals surface area contributed by atoms with Crippen molar-refractivity contribution in [1.82, 2.24) is 9.96 Å². The summed E-state index contributed by atoms with van der Waals surface area (Å²) in [6.45, 7) is 5.62. The second-order valence-electron chi connectivity index (χ2n) is 7.39. The highest BCUT2D eigenvalue weighted by Crippen LogP contribution is 2.25. The zero-order chi connectivity index (χ0) is 18.6. The van der Waals surface area contributed by atoms with Crippen molar-refractivity contribution >= 4 is 0 Å². The second-order valence-corrected chi connectivity index (χ2v) is 7.39. The normalized spacial score (nSPS) is 41.6. The molecule has 0 saturated carbocycles. The van der Waals surface area contributed by atoms with Gasteiger partial charge in [0.05, 0.1) is 24.4 Å². The van der Waals surface area contributed by atoms with Crippen LogP contribution in [0, 0.1) is 5.92 Å². The van der Waals surface area contributed by atoms with Crippen LogP contribution in [0.5, 0.6) is 0 Å². The number of aliphatic hydroxyl groups excluding tert-OH is 5. The zero-order valence-electron chi connectivity index (χ0n) is 15.2. The molecule has 0 aromatic carbocycles. The largest absolute Gasteiger partial charge is 0.396 e. The molecule has 0 amide bonds. The van der Waals surface area contributed by atoms with E-state index in [4.69, 9.17) is 4.84 Å². The summed E-state index contributed by atoms with van der Waals surface area (Å²) in [5.41, 5.74) is 0. The fourth-order valence-corrected chi connectivity index (χ4v) is 3.67. The molecule has 0 radical (unpaired) electrons. The van der Waals surface area contributed by atoms with Gasteiger partial charge in [-0.1, -0.05) is 13.3 Å². The van der Waals surface area contributed by atoms with Crippen LogP contribution in [0.25, 0.3) is 0 Å². The molecular formula is C17H34N2O6. The highest BCUT2D eigenvalue weighted by Gasteiger charge is 2.43. The number of piperidine rings is 1. The van der Waals surface area contributed by atoms with E-state index in [1.807, 2.05) is 6.92 Å². The Morgan fingerprint density at radius 3 is 2.40 bits per heavy atom. The maximum Gasteiger partial charge on any atom is 0.134 e. The van der Waals surface area contributed by atoms with Crippen molar-refractivity contribution in [2.24, 2.45) is 5.92 Å². The average molecular weight is 362 g/mol. The van der Waals surface area contributed by atoms with Crippen LogP contribution in [0.3, 0.4) is 0 Å². The van der Waals surface area contributed by atoms with Crippen molar-refractivity contribution in [3.63, 3.8) is 0 Å². The Morgan fingerprint density at radius 2 is 1.76 bits per heavy atom. The van der Waals surface area contributed by atoms with Gasteiger partial charge in [0.2, 0.25) is 0 Å². The molecule has 7 atom stereocenters. The molecule has 0 spiro atoms. The van der Waals surface area contributed by atoms with Crippen LogP contribution in [-0.4, -0.2) is 105 Å². The van der Waals surface area contributed by atoms with Crippen LogP contribution >= 0.6 is 0 Å². The molecule has 5 N–H and O–H groups in total. The molecule has 8 heteroatoms. The molecule has 2 aliphatic heterocycles. The lowest BCUT2D eigenvalue weighted by Crippen LogP contribution is -2.62. The first-order valence-electron chi connectivity index (χ1n) is 9.37. The number of aliphatic hydroxyl groups is 5. The van der Waals surface area contributed by atoms with Crippen LogP contribution in [-0.2, 0) is 4.84 Å². The van der Waals surface area contributed by atoms with Gasteiger partial charge in [-0.2, -0.15) is 5.06 Å². The van der Waals surface area contributed by atoms with Gasteiger partial charge in [0.1, 0.15) is 6.10 Å².